The summed E-state index contributed by atoms with van der Waals surface area (Å²) in [5.41, 5.74) is 1.96. The van der Waals surface area contributed by atoms with Crippen molar-refractivity contribution in [1.29, 1.82) is 0 Å². The van der Waals surface area contributed by atoms with E-state index in [9.17, 15) is 4.79 Å². The molecule has 0 saturated carbocycles. The molecule has 0 aliphatic rings. The van der Waals surface area contributed by atoms with Crippen LogP contribution in [0, 0.1) is 6.92 Å². The topological polar surface area (TPSA) is 84.3 Å². The second-order valence-corrected chi connectivity index (χ2v) is 5.49. The lowest BCUT2D eigenvalue weighted by atomic mass is 10.1. The Morgan fingerprint density at radius 3 is 2.83 bits per heavy atom. The number of aryl methyl sites for hydroxylation is 2. The molecular weight excluding hydrogens is 306 g/mol. The van der Waals surface area contributed by atoms with Gasteiger partial charge in [0, 0.05) is 30.9 Å². The molecule has 0 amide bonds. The molecule has 0 atom stereocenters. The molecule has 0 spiro atoms. The molecule has 0 aliphatic carbocycles. The lowest BCUT2D eigenvalue weighted by molar-refractivity contribution is -0.137. The number of hydrogen-bond acceptors (Lipinski definition) is 5. The number of carboxylic acids is 1. The van der Waals surface area contributed by atoms with E-state index in [0.717, 1.165) is 36.5 Å². The van der Waals surface area contributed by atoms with E-state index in [2.05, 4.69) is 15.3 Å². The van der Waals surface area contributed by atoms with Crippen LogP contribution in [0.5, 0.6) is 5.88 Å². The number of rotatable bonds is 10. The van der Waals surface area contributed by atoms with Crippen molar-refractivity contribution in [3.63, 3.8) is 0 Å². The number of nitrogens with one attached hydrogen (secondary N) is 1. The van der Waals surface area contributed by atoms with Crippen LogP contribution in [-0.2, 0) is 11.2 Å². The molecule has 0 fully saturated rings. The van der Waals surface area contributed by atoms with Gasteiger partial charge in [0.05, 0.1) is 6.61 Å². The number of hydrogen-bond donors (Lipinski definition) is 2. The van der Waals surface area contributed by atoms with Crippen LogP contribution < -0.4 is 10.1 Å². The van der Waals surface area contributed by atoms with E-state index in [0.29, 0.717) is 18.9 Å². The fourth-order valence-corrected chi connectivity index (χ4v) is 2.27. The number of anilines is 1. The third kappa shape index (κ3) is 6.24. The van der Waals surface area contributed by atoms with E-state index >= 15 is 0 Å². The van der Waals surface area contributed by atoms with Crippen molar-refractivity contribution in [3.05, 3.63) is 47.8 Å². The second-order valence-electron chi connectivity index (χ2n) is 5.49. The first kappa shape index (κ1) is 17.7. The Balaban J connectivity index is 1.69. The molecule has 128 valence electrons. The average molecular weight is 329 g/mol. The molecule has 6 heteroatoms. The zero-order valence-electron chi connectivity index (χ0n) is 13.9. The molecule has 0 radical (unpaired) electrons. The minimum absolute atomic E-state index is 0.182. The molecule has 0 bridgehead atoms. The Hall–Kier alpha value is -2.63. The van der Waals surface area contributed by atoms with E-state index in [4.69, 9.17) is 9.84 Å². The van der Waals surface area contributed by atoms with Gasteiger partial charge in [-0.1, -0.05) is 12.1 Å². The van der Waals surface area contributed by atoms with Crippen molar-refractivity contribution >= 4 is 11.8 Å². The summed E-state index contributed by atoms with van der Waals surface area (Å²) in [5.74, 6) is 0.699. The van der Waals surface area contributed by atoms with Gasteiger partial charge in [0.2, 0.25) is 5.88 Å². The van der Waals surface area contributed by atoms with Gasteiger partial charge >= 0.3 is 5.97 Å². The summed E-state index contributed by atoms with van der Waals surface area (Å²) in [6.45, 7) is 3.28. The first-order valence-electron chi connectivity index (χ1n) is 8.11. The number of ether oxygens (including phenoxy) is 1. The first-order chi connectivity index (χ1) is 11.6. The molecule has 0 unspecified atom stereocenters. The second kappa shape index (κ2) is 9.50. The molecule has 0 saturated heterocycles. The monoisotopic (exact) mass is 329 g/mol. The van der Waals surface area contributed by atoms with E-state index in [1.807, 2.05) is 37.3 Å². The highest BCUT2D eigenvalue weighted by Crippen LogP contribution is 2.15. The SMILES string of the molecule is Cc1nc(OCCCNc2ccccn2)ccc1CCCC(=O)O. The minimum atomic E-state index is -0.764. The molecule has 2 N–H and O–H groups in total. The van der Waals surface area contributed by atoms with Crippen LogP contribution in [0.4, 0.5) is 5.82 Å². The highest BCUT2D eigenvalue weighted by atomic mass is 16.5. The largest absolute Gasteiger partial charge is 0.481 e. The van der Waals surface area contributed by atoms with Gasteiger partial charge in [-0.15, -0.1) is 0 Å². The van der Waals surface area contributed by atoms with E-state index in [1.54, 1.807) is 6.20 Å². The third-order valence-electron chi connectivity index (χ3n) is 3.55. The van der Waals surface area contributed by atoms with Crippen molar-refractivity contribution in [1.82, 2.24) is 9.97 Å². The number of aromatic nitrogens is 2. The molecule has 2 rings (SSSR count). The summed E-state index contributed by atoms with van der Waals surface area (Å²) in [5, 5.41) is 11.9. The number of pyridine rings is 2. The standard InChI is InChI=1S/C18H23N3O3/c1-14-15(6-4-8-18(22)23)9-10-17(21-14)24-13-5-12-20-16-7-2-3-11-19-16/h2-3,7,9-11H,4-6,8,12-13H2,1H3,(H,19,20)(H,22,23). The van der Waals surface area contributed by atoms with Crippen molar-refractivity contribution < 1.29 is 14.6 Å². The summed E-state index contributed by atoms with van der Waals surface area (Å²) >= 11 is 0. The Labute approximate surface area is 141 Å². The molecule has 0 aliphatic heterocycles. The first-order valence-corrected chi connectivity index (χ1v) is 8.11. The van der Waals surface area contributed by atoms with Gasteiger partial charge in [-0.05, 0) is 43.9 Å². The fraction of sp³-hybridized carbons (Fsp3) is 0.389. The predicted molar refractivity (Wildman–Crippen MR) is 92.4 cm³/mol. The molecule has 6 nitrogen and oxygen atoms in total. The Morgan fingerprint density at radius 2 is 2.12 bits per heavy atom. The van der Waals surface area contributed by atoms with Crippen molar-refractivity contribution in [2.75, 3.05) is 18.5 Å². The van der Waals surface area contributed by atoms with Gasteiger partial charge in [0.15, 0.2) is 0 Å². The summed E-state index contributed by atoms with van der Waals surface area (Å²) in [7, 11) is 0. The number of carboxylic acid groups (broad SMARTS) is 1. The molecule has 0 aromatic carbocycles. The summed E-state index contributed by atoms with van der Waals surface area (Å²) < 4.78 is 5.66. The molecule has 2 aromatic heterocycles. The van der Waals surface area contributed by atoms with Crippen molar-refractivity contribution in [2.24, 2.45) is 0 Å². The van der Waals surface area contributed by atoms with Crippen molar-refractivity contribution in [3.8, 4) is 5.88 Å². The lowest BCUT2D eigenvalue weighted by Gasteiger charge is -2.09. The van der Waals surface area contributed by atoms with Crippen LogP contribution in [0.1, 0.15) is 30.5 Å². The third-order valence-corrected chi connectivity index (χ3v) is 3.55. The Bertz CT molecular complexity index is 647. The molecule has 2 aromatic rings. The molecular formula is C18H23N3O3. The highest BCUT2D eigenvalue weighted by Gasteiger charge is 2.04. The quantitative estimate of drug-likeness (QED) is 0.652. The maximum Gasteiger partial charge on any atom is 0.303 e. The van der Waals surface area contributed by atoms with Crippen LogP contribution in [0.15, 0.2) is 36.5 Å². The Morgan fingerprint density at radius 1 is 1.25 bits per heavy atom. The smallest absolute Gasteiger partial charge is 0.303 e. The van der Waals surface area contributed by atoms with Gasteiger partial charge in [-0.2, -0.15) is 0 Å². The van der Waals surface area contributed by atoms with Crippen molar-refractivity contribution in [2.45, 2.75) is 32.6 Å². The minimum Gasteiger partial charge on any atom is -0.481 e. The zero-order chi connectivity index (χ0) is 17.2. The predicted octanol–water partition coefficient (Wildman–Crippen LogP) is 3.07. The van der Waals surface area contributed by atoms with Gasteiger partial charge in [0.25, 0.3) is 0 Å². The molecule has 24 heavy (non-hydrogen) atoms. The van der Waals surface area contributed by atoms with Crippen LogP contribution in [0.25, 0.3) is 0 Å². The van der Waals surface area contributed by atoms with Crippen LogP contribution in [0.3, 0.4) is 0 Å². The van der Waals surface area contributed by atoms with Crippen LogP contribution in [0.2, 0.25) is 0 Å². The van der Waals surface area contributed by atoms with Crippen LogP contribution in [-0.4, -0.2) is 34.2 Å². The summed E-state index contributed by atoms with van der Waals surface area (Å²) in [6, 6.07) is 9.56. The number of nitrogens with zero attached hydrogens (tertiary/aromatic N) is 2. The maximum absolute atomic E-state index is 10.5. The average Bonchev–Trinajstić information content (AvgIpc) is 2.57. The van der Waals surface area contributed by atoms with E-state index in [1.165, 1.54) is 0 Å². The van der Waals surface area contributed by atoms with E-state index in [-0.39, 0.29) is 6.42 Å². The maximum atomic E-state index is 10.5. The van der Waals surface area contributed by atoms with Crippen LogP contribution >= 0.6 is 0 Å². The number of carbonyl (C=O) groups is 1. The normalized spacial score (nSPS) is 10.4. The zero-order valence-corrected chi connectivity index (χ0v) is 13.9. The Kier molecular flexibility index (Phi) is 7.01. The highest BCUT2D eigenvalue weighted by molar-refractivity contribution is 5.66. The fourth-order valence-electron chi connectivity index (χ4n) is 2.27. The van der Waals surface area contributed by atoms with Gasteiger partial charge < -0.3 is 15.2 Å². The lowest BCUT2D eigenvalue weighted by Crippen LogP contribution is -2.09. The van der Waals surface area contributed by atoms with Gasteiger partial charge in [-0.25, -0.2) is 9.97 Å². The van der Waals surface area contributed by atoms with Gasteiger partial charge in [0.1, 0.15) is 5.82 Å². The summed E-state index contributed by atoms with van der Waals surface area (Å²) in [6.07, 6.45) is 4.12. The van der Waals surface area contributed by atoms with E-state index < -0.39 is 5.97 Å². The number of aliphatic carboxylic acids is 1. The van der Waals surface area contributed by atoms with Gasteiger partial charge in [-0.3, -0.25) is 4.79 Å². The summed E-state index contributed by atoms with van der Waals surface area (Å²) in [4.78, 5) is 19.2. The molecule has 2 heterocycles.